The van der Waals surface area contributed by atoms with Gasteiger partial charge in [-0.25, -0.2) is 0 Å². The van der Waals surface area contributed by atoms with E-state index in [2.05, 4.69) is 10.2 Å². The number of carboxylic acid groups (broad SMARTS) is 1. The highest BCUT2D eigenvalue weighted by Gasteiger charge is 2.16. The molecule has 1 fully saturated rings. The van der Waals surface area contributed by atoms with Crippen LogP contribution in [-0.4, -0.2) is 21.3 Å². The minimum Gasteiger partial charge on any atom is -0.481 e. The molecule has 1 saturated carbocycles. The maximum atomic E-state index is 10.4. The molecule has 1 aliphatic rings. The Morgan fingerprint density at radius 3 is 2.50 bits per heavy atom. The van der Waals surface area contributed by atoms with Crippen molar-refractivity contribution in [2.75, 3.05) is 0 Å². The quantitative estimate of drug-likeness (QED) is 0.612. The van der Waals surface area contributed by atoms with Crippen LogP contribution in [-0.2, 0) is 17.6 Å². The number of aliphatic carboxylic acids is 1. The Balaban J connectivity index is 1.72. The van der Waals surface area contributed by atoms with E-state index in [0.29, 0.717) is 24.7 Å². The first-order chi connectivity index (χ1) is 9.74. The smallest absolute Gasteiger partial charge is 0.303 e. The van der Waals surface area contributed by atoms with Gasteiger partial charge in [-0.2, -0.15) is 0 Å². The molecule has 0 amide bonds. The molecular formula is C15H24N2O3. The lowest BCUT2D eigenvalue weighted by molar-refractivity contribution is -0.137. The zero-order valence-electron chi connectivity index (χ0n) is 12.0. The molecule has 0 bridgehead atoms. The van der Waals surface area contributed by atoms with Crippen molar-refractivity contribution >= 4 is 5.97 Å². The summed E-state index contributed by atoms with van der Waals surface area (Å²) in [6, 6.07) is 0. The maximum Gasteiger partial charge on any atom is 0.303 e. The van der Waals surface area contributed by atoms with Gasteiger partial charge in [0.05, 0.1) is 0 Å². The first-order valence-corrected chi connectivity index (χ1v) is 7.77. The van der Waals surface area contributed by atoms with Crippen LogP contribution in [0.4, 0.5) is 0 Å². The average Bonchev–Trinajstić information content (AvgIpc) is 2.69. The highest BCUT2D eigenvalue weighted by atomic mass is 16.4. The lowest BCUT2D eigenvalue weighted by atomic mass is 9.97. The molecule has 0 radical (unpaired) electrons. The number of hydrogen-bond acceptors (Lipinski definition) is 4. The number of rotatable bonds is 7. The summed E-state index contributed by atoms with van der Waals surface area (Å²) < 4.78 is 5.66. The van der Waals surface area contributed by atoms with Gasteiger partial charge in [-0.1, -0.05) is 25.7 Å². The van der Waals surface area contributed by atoms with Gasteiger partial charge in [-0.3, -0.25) is 4.79 Å². The molecule has 1 heterocycles. The molecule has 0 aromatic carbocycles. The molecule has 1 N–H and O–H groups in total. The molecule has 2 rings (SSSR count). The van der Waals surface area contributed by atoms with E-state index in [0.717, 1.165) is 18.7 Å². The van der Waals surface area contributed by atoms with Crippen molar-refractivity contribution in [1.29, 1.82) is 0 Å². The minimum atomic E-state index is -0.746. The molecule has 0 saturated heterocycles. The van der Waals surface area contributed by atoms with E-state index >= 15 is 0 Å². The van der Waals surface area contributed by atoms with Gasteiger partial charge in [-0.05, 0) is 31.6 Å². The monoisotopic (exact) mass is 280 g/mol. The Hall–Kier alpha value is -1.39. The topological polar surface area (TPSA) is 76.2 Å². The van der Waals surface area contributed by atoms with Gasteiger partial charge >= 0.3 is 5.97 Å². The normalized spacial score (nSPS) is 17.0. The van der Waals surface area contributed by atoms with Crippen molar-refractivity contribution in [3.05, 3.63) is 11.8 Å². The van der Waals surface area contributed by atoms with Crippen LogP contribution in [0, 0.1) is 5.92 Å². The molecule has 112 valence electrons. The summed E-state index contributed by atoms with van der Waals surface area (Å²) >= 11 is 0. The van der Waals surface area contributed by atoms with Crippen molar-refractivity contribution in [2.24, 2.45) is 5.92 Å². The number of aryl methyl sites for hydroxylation is 1. The Labute approximate surface area is 119 Å². The number of unbranched alkanes of at least 4 members (excludes halogenated alkanes) is 1. The van der Waals surface area contributed by atoms with Crippen LogP contribution in [0.1, 0.15) is 69.6 Å². The predicted octanol–water partition coefficient (Wildman–Crippen LogP) is 3.38. The fraction of sp³-hybridized carbons (Fsp3) is 0.800. The van der Waals surface area contributed by atoms with Gasteiger partial charge < -0.3 is 9.52 Å². The Kier molecular flexibility index (Phi) is 6.02. The van der Waals surface area contributed by atoms with E-state index in [1.54, 1.807) is 0 Å². The fourth-order valence-electron chi connectivity index (χ4n) is 2.84. The van der Waals surface area contributed by atoms with Crippen molar-refractivity contribution in [1.82, 2.24) is 10.2 Å². The van der Waals surface area contributed by atoms with Crippen LogP contribution >= 0.6 is 0 Å². The first-order valence-electron chi connectivity index (χ1n) is 7.77. The van der Waals surface area contributed by atoms with Gasteiger partial charge in [-0.15, -0.1) is 10.2 Å². The standard InChI is InChI=1S/C15H24N2O3/c18-15(19)10-6-5-9-13-16-17-14(20-13)11-12-7-3-1-2-4-8-12/h12H,1-11H2,(H,18,19). The van der Waals surface area contributed by atoms with E-state index in [1.807, 2.05) is 0 Å². The van der Waals surface area contributed by atoms with Gasteiger partial charge in [0.25, 0.3) is 0 Å². The molecule has 1 aromatic heterocycles. The maximum absolute atomic E-state index is 10.4. The molecule has 5 heteroatoms. The van der Waals surface area contributed by atoms with E-state index < -0.39 is 5.97 Å². The second-order valence-electron chi connectivity index (χ2n) is 5.75. The fourth-order valence-corrected chi connectivity index (χ4v) is 2.84. The van der Waals surface area contributed by atoms with Crippen molar-refractivity contribution in [3.63, 3.8) is 0 Å². The SMILES string of the molecule is O=C(O)CCCCc1nnc(CC2CCCCCC2)o1. The molecule has 0 aliphatic heterocycles. The second kappa shape index (κ2) is 8.02. The summed E-state index contributed by atoms with van der Waals surface area (Å²) in [7, 11) is 0. The lowest BCUT2D eigenvalue weighted by Crippen LogP contribution is -2.03. The van der Waals surface area contributed by atoms with Crippen molar-refractivity contribution < 1.29 is 14.3 Å². The molecule has 0 atom stereocenters. The highest BCUT2D eigenvalue weighted by Crippen LogP contribution is 2.25. The molecule has 5 nitrogen and oxygen atoms in total. The summed E-state index contributed by atoms with van der Waals surface area (Å²) in [4.78, 5) is 10.4. The molecule has 1 aromatic rings. The minimum absolute atomic E-state index is 0.211. The zero-order chi connectivity index (χ0) is 14.2. The second-order valence-corrected chi connectivity index (χ2v) is 5.75. The van der Waals surface area contributed by atoms with Crippen LogP contribution in [0.3, 0.4) is 0 Å². The highest BCUT2D eigenvalue weighted by molar-refractivity contribution is 5.66. The third kappa shape index (κ3) is 5.31. The number of nitrogens with zero attached hydrogens (tertiary/aromatic N) is 2. The predicted molar refractivity (Wildman–Crippen MR) is 74.4 cm³/mol. The van der Waals surface area contributed by atoms with E-state index in [9.17, 15) is 4.79 Å². The van der Waals surface area contributed by atoms with Gasteiger partial charge in [0.15, 0.2) is 0 Å². The summed E-state index contributed by atoms with van der Waals surface area (Å²) in [6.07, 6.45) is 11.2. The number of carbonyl (C=O) groups is 1. The van der Waals surface area contributed by atoms with Crippen LogP contribution < -0.4 is 0 Å². The Morgan fingerprint density at radius 2 is 1.80 bits per heavy atom. The lowest BCUT2D eigenvalue weighted by Gasteiger charge is -2.10. The number of carboxylic acids is 1. The molecule has 1 aliphatic carbocycles. The summed E-state index contributed by atoms with van der Waals surface area (Å²) in [6.45, 7) is 0. The van der Waals surface area contributed by atoms with Crippen LogP contribution in [0.5, 0.6) is 0 Å². The third-order valence-corrected chi connectivity index (χ3v) is 3.98. The first kappa shape index (κ1) is 15.0. The van der Waals surface area contributed by atoms with Gasteiger partial charge in [0.1, 0.15) is 0 Å². The largest absolute Gasteiger partial charge is 0.481 e. The van der Waals surface area contributed by atoms with E-state index in [1.165, 1.54) is 38.5 Å². The molecule has 20 heavy (non-hydrogen) atoms. The molecular weight excluding hydrogens is 256 g/mol. The summed E-state index contributed by atoms with van der Waals surface area (Å²) in [5.74, 6) is 1.35. The average molecular weight is 280 g/mol. The summed E-state index contributed by atoms with van der Waals surface area (Å²) in [5, 5.41) is 16.7. The Morgan fingerprint density at radius 1 is 1.10 bits per heavy atom. The van der Waals surface area contributed by atoms with Crippen LogP contribution in [0.15, 0.2) is 4.42 Å². The summed E-state index contributed by atoms with van der Waals surface area (Å²) in [5.41, 5.74) is 0. The van der Waals surface area contributed by atoms with Crippen LogP contribution in [0.25, 0.3) is 0 Å². The van der Waals surface area contributed by atoms with Gasteiger partial charge in [0, 0.05) is 19.3 Å². The Bertz CT molecular complexity index is 409. The van der Waals surface area contributed by atoms with Crippen molar-refractivity contribution in [3.8, 4) is 0 Å². The zero-order valence-corrected chi connectivity index (χ0v) is 12.0. The number of hydrogen-bond donors (Lipinski definition) is 1. The molecule has 0 spiro atoms. The van der Waals surface area contributed by atoms with Crippen molar-refractivity contribution in [2.45, 2.75) is 70.6 Å². The van der Waals surface area contributed by atoms with Crippen LogP contribution in [0.2, 0.25) is 0 Å². The van der Waals surface area contributed by atoms with E-state index in [4.69, 9.17) is 9.52 Å². The molecule has 0 unspecified atom stereocenters. The number of aromatic nitrogens is 2. The third-order valence-electron chi connectivity index (χ3n) is 3.98. The van der Waals surface area contributed by atoms with E-state index in [-0.39, 0.29) is 6.42 Å². The van der Waals surface area contributed by atoms with Gasteiger partial charge in [0.2, 0.25) is 11.8 Å².